The standard InChI is InChI=1S/C7H8N2O3S2/c8-7(10)5-2-1-3-6(4-5)13-14(9,11)12/h1-4H,(H2,8,10)(H2,9,11,12). The summed E-state index contributed by atoms with van der Waals surface area (Å²) in [6, 6.07) is 5.93. The fraction of sp³-hybridized carbons (Fsp3) is 0. The Balaban J connectivity index is 3.01. The molecule has 0 aliphatic rings. The van der Waals surface area contributed by atoms with Crippen molar-refractivity contribution in [3.8, 4) is 0 Å². The smallest absolute Gasteiger partial charge is 0.266 e. The molecule has 0 saturated heterocycles. The Morgan fingerprint density at radius 2 is 2.00 bits per heavy atom. The zero-order chi connectivity index (χ0) is 10.8. The van der Waals surface area contributed by atoms with Crippen molar-refractivity contribution in [2.45, 2.75) is 4.90 Å². The first-order valence-corrected chi connectivity index (χ1v) is 6.38. The van der Waals surface area contributed by atoms with Crippen LogP contribution in [0.25, 0.3) is 0 Å². The van der Waals surface area contributed by atoms with Crippen LogP contribution in [0.15, 0.2) is 29.2 Å². The number of nitrogens with two attached hydrogens (primary N) is 2. The number of amides is 1. The van der Waals surface area contributed by atoms with Gasteiger partial charge < -0.3 is 5.73 Å². The van der Waals surface area contributed by atoms with Gasteiger partial charge in [-0.15, -0.1) is 0 Å². The number of carbonyl (C=O) groups excluding carboxylic acids is 1. The zero-order valence-corrected chi connectivity index (χ0v) is 8.64. The zero-order valence-electron chi connectivity index (χ0n) is 7.01. The van der Waals surface area contributed by atoms with Gasteiger partial charge >= 0.3 is 0 Å². The van der Waals surface area contributed by atoms with E-state index >= 15 is 0 Å². The average molecular weight is 232 g/mol. The van der Waals surface area contributed by atoms with Crippen LogP contribution in [0.5, 0.6) is 0 Å². The maximum Gasteiger partial charge on any atom is 0.266 e. The number of benzene rings is 1. The van der Waals surface area contributed by atoms with Gasteiger partial charge in [0.1, 0.15) is 0 Å². The molecule has 0 saturated carbocycles. The molecule has 0 bridgehead atoms. The molecular formula is C7H8N2O3S2. The molecule has 0 heterocycles. The summed E-state index contributed by atoms with van der Waals surface area (Å²) in [5, 5.41) is 4.81. The lowest BCUT2D eigenvalue weighted by Gasteiger charge is -1.99. The van der Waals surface area contributed by atoms with Crippen LogP contribution in [0.2, 0.25) is 0 Å². The molecule has 0 unspecified atom stereocenters. The second-order valence-corrected chi connectivity index (χ2v) is 5.99. The second-order valence-electron chi connectivity index (χ2n) is 2.47. The summed E-state index contributed by atoms with van der Waals surface area (Å²) >= 11 is 0. The fourth-order valence-electron chi connectivity index (χ4n) is 0.835. The number of hydrogen-bond acceptors (Lipinski definition) is 4. The first-order valence-electron chi connectivity index (χ1n) is 3.50. The number of primary amides is 1. The molecule has 0 fully saturated rings. The van der Waals surface area contributed by atoms with Crippen LogP contribution in [0.3, 0.4) is 0 Å². The summed E-state index contributed by atoms with van der Waals surface area (Å²) in [6.45, 7) is 0. The highest BCUT2D eigenvalue weighted by Gasteiger charge is 2.07. The monoisotopic (exact) mass is 232 g/mol. The molecule has 1 amide bonds. The molecular weight excluding hydrogens is 224 g/mol. The molecule has 1 aromatic carbocycles. The predicted molar refractivity (Wildman–Crippen MR) is 53.9 cm³/mol. The van der Waals surface area contributed by atoms with E-state index in [4.69, 9.17) is 10.9 Å². The molecule has 0 radical (unpaired) electrons. The van der Waals surface area contributed by atoms with E-state index in [0.29, 0.717) is 15.7 Å². The Kier molecular flexibility index (Phi) is 3.14. The minimum absolute atomic E-state index is 0.249. The molecule has 0 atom stereocenters. The van der Waals surface area contributed by atoms with E-state index in [1.54, 1.807) is 0 Å². The van der Waals surface area contributed by atoms with Crippen LogP contribution in [-0.4, -0.2) is 14.3 Å². The van der Waals surface area contributed by atoms with Crippen molar-refractivity contribution in [2.24, 2.45) is 10.9 Å². The van der Waals surface area contributed by atoms with Gasteiger partial charge in [-0.25, -0.2) is 13.6 Å². The number of carbonyl (C=O) groups is 1. The van der Waals surface area contributed by atoms with E-state index in [9.17, 15) is 13.2 Å². The van der Waals surface area contributed by atoms with E-state index in [-0.39, 0.29) is 5.56 Å². The van der Waals surface area contributed by atoms with Gasteiger partial charge in [-0.3, -0.25) is 4.79 Å². The summed E-state index contributed by atoms with van der Waals surface area (Å²) in [7, 11) is -3.18. The largest absolute Gasteiger partial charge is 0.366 e. The van der Waals surface area contributed by atoms with Crippen molar-refractivity contribution in [3.63, 3.8) is 0 Å². The first kappa shape index (κ1) is 11.0. The molecule has 0 aliphatic heterocycles. The Hall–Kier alpha value is -1.05. The maximum atomic E-state index is 10.8. The van der Waals surface area contributed by atoms with Gasteiger partial charge in [-0.05, 0) is 18.2 Å². The number of rotatable bonds is 3. The predicted octanol–water partition coefficient (Wildman–Crippen LogP) is 0.0811. The lowest BCUT2D eigenvalue weighted by molar-refractivity contribution is 0.1000. The highest BCUT2D eigenvalue weighted by molar-refractivity contribution is 8.71. The molecule has 0 aliphatic carbocycles. The van der Waals surface area contributed by atoms with Crippen LogP contribution in [0, 0.1) is 0 Å². The highest BCUT2D eigenvalue weighted by atomic mass is 33.1. The van der Waals surface area contributed by atoms with Crippen molar-refractivity contribution in [3.05, 3.63) is 29.8 Å². The van der Waals surface area contributed by atoms with E-state index in [1.807, 2.05) is 0 Å². The van der Waals surface area contributed by atoms with Crippen molar-refractivity contribution in [1.82, 2.24) is 0 Å². The number of hydrogen-bond donors (Lipinski definition) is 2. The molecule has 7 heteroatoms. The normalized spacial score (nSPS) is 11.2. The lowest BCUT2D eigenvalue weighted by atomic mass is 10.2. The molecule has 14 heavy (non-hydrogen) atoms. The SMILES string of the molecule is NC(=O)c1cccc(SS(N)(=O)=O)c1. The van der Waals surface area contributed by atoms with E-state index in [2.05, 4.69) is 0 Å². The van der Waals surface area contributed by atoms with E-state index < -0.39 is 15.0 Å². The first-order chi connectivity index (χ1) is 6.38. The summed E-state index contributed by atoms with van der Waals surface area (Å²) in [4.78, 5) is 11.1. The fourth-order valence-corrected chi connectivity index (χ4v) is 2.53. The Bertz CT molecular complexity index is 456. The van der Waals surface area contributed by atoms with Crippen molar-refractivity contribution in [1.29, 1.82) is 0 Å². The van der Waals surface area contributed by atoms with Crippen molar-refractivity contribution in [2.75, 3.05) is 0 Å². The van der Waals surface area contributed by atoms with Gasteiger partial charge in [-0.1, -0.05) is 6.07 Å². The molecule has 5 nitrogen and oxygen atoms in total. The summed E-state index contributed by atoms with van der Waals surface area (Å²) in [5.74, 6) is -0.609. The van der Waals surface area contributed by atoms with Gasteiger partial charge in [-0.2, -0.15) is 0 Å². The van der Waals surface area contributed by atoms with Crippen molar-refractivity contribution < 1.29 is 13.2 Å². The third-order valence-electron chi connectivity index (χ3n) is 1.33. The van der Waals surface area contributed by atoms with Gasteiger partial charge in [0.25, 0.3) is 9.06 Å². The highest BCUT2D eigenvalue weighted by Crippen LogP contribution is 2.22. The van der Waals surface area contributed by atoms with Gasteiger partial charge in [0.2, 0.25) is 5.91 Å². The molecule has 0 aromatic heterocycles. The van der Waals surface area contributed by atoms with Crippen LogP contribution >= 0.6 is 10.8 Å². The Labute approximate surface area is 84.9 Å². The third kappa shape index (κ3) is 3.36. The summed E-state index contributed by atoms with van der Waals surface area (Å²) in [6.07, 6.45) is 0. The van der Waals surface area contributed by atoms with Gasteiger partial charge in [0.05, 0.1) is 0 Å². The topological polar surface area (TPSA) is 103 Å². The van der Waals surface area contributed by atoms with Crippen molar-refractivity contribution >= 4 is 25.8 Å². The van der Waals surface area contributed by atoms with Crippen LogP contribution in [-0.2, 0) is 9.06 Å². The quantitative estimate of drug-likeness (QED) is 0.720. The van der Waals surface area contributed by atoms with Gasteiger partial charge in [0, 0.05) is 21.3 Å². The minimum atomic E-state index is -3.66. The second kappa shape index (κ2) is 3.99. The molecule has 4 N–H and O–H groups in total. The summed E-state index contributed by atoms with van der Waals surface area (Å²) < 4.78 is 21.4. The van der Waals surface area contributed by atoms with Crippen LogP contribution in [0.4, 0.5) is 0 Å². The minimum Gasteiger partial charge on any atom is -0.366 e. The molecule has 1 rings (SSSR count). The van der Waals surface area contributed by atoms with E-state index in [1.165, 1.54) is 24.3 Å². The van der Waals surface area contributed by atoms with E-state index in [0.717, 1.165) is 0 Å². The Morgan fingerprint density at radius 1 is 1.36 bits per heavy atom. The van der Waals surface area contributed by atoms with Crippen LogP contribution < -0.4 is 10.9 Å². The van der Waals surface area contributed by atoms with Gasteiger partial charge in [0.15, 0.2) is 0 Å². The molecule has 0 spiro atoms. The Morgan fingerprint density at radius 3 is 2.50 bits per heavy atom. The third-order valence-corrected chi connectivity index (χ3v) is 3.28. The summed E-state index contributed by atoms with van der Waals surface area (Å²) in [5.41, 5.74) is 5.27. The maximum absolute atomic E-state index is 10.8. The molecule has 1 aromatic rings. The lowest BCUT2D eigenvalue weighted by Crippen LogP contribution is -2.11. The van der Waals surface area contributed by atoms with Crippen LogP contribution in [0.1, 0.15) is 10.4 Å². The average Bonchev–Trinajstić information content (AvgIpc) is 2.01. The molecule has 76 valence electrons.